The highest BCUT2D eigenvalue weighted by Crippen LogP contribution is 2.49. The molecule has 3 fully saturated rings. The molecule has 0 bridgehead atoms. The molecule has 61 heavy (non-hydrogen) atoms. The van der Waals surface area contributed by atoms with Crippen molar-refractivity contribution in [3.63, 3.8) is 0 Å². The van der Waals surface area contributed by atoms with Gasteiger partial charge in [0.1, 0.15) is 17.2 Å². The zero-order valence-electron chi connectivity index (χ0n) is 36.0. The molecule has 0 spiro atoms. The normalized spacial score (nSPS) is 23.1. The third-order valence-electron chi connectivity index (χ3n) is 15.5. The Balaban J connectivity index is 0.939. The van der Waals surface area contributed by atoms with Crippen molar-refractivity contribution in [1.82, 2.24) is 28.9 Å². The number of halogens is 1. The summed E-state index contributed by atoms with van der Waals surface area (Å²) >= 11 is 0. The van der Waals surface area contributed by atoms with Crippen molar-refractivity contribution in [1.29, 1.82) is 0 Å². The number of rotatable bonds is 12. The molecule has 8 heterocycles. The van der Waals surface area contributed by atoms with Gasteiger partial charge in [-0.15, -0.1) is 0 Å². The minimum atomic E-state index is -0.657. The molecule has 5 unspecified atom stereocenters. The number of methoxy groups -OCH3 is 1. The first kappa shape index (κ1) is 39.3. The monoisotopic (exact) mass is 822 g/mol. The maximum Gasteiger partial charge on any atom is 0.147 e. The Hall–Kier alpha value is -4.61. The van der Waals surface area contributed by atoms with Crippen molar-refractivity contribution < 1.29 is 19.0 Å². The summed E-state index contributed by atoms with van der Waals surface area (Å²) in [5, 5.41) is 13.8. The molecule has 0 amide bonds. The van der Waals surface area contributed by atoms with Crippen LogP contribution >= 0.6 is 0 Å². The first-order chi connectivity index (χ1) is 29.8. The van der Waals surface area contributed by atoms with E-state index in [-0.39, 0.29) is 11.9 Å². The van der Waals surface area contributed by atoms with Crippen LogP contribution in [0.1, 0.15) is 115 Å². The number of hydrogen-bond donors (Lipinski definition) is 1. The number of pyridine rings is 2. The van der Waals surface area contributed by atoms with Gasteiger partial charge >= 0.3 is 0 Å². The molecule has 11 rings (SSSR count). The Labute approximate surface area is 358 Å². The minimum absolute atomic E-state index is 0.116. The molecule has 1 saturated carbocycles. The minimum Gasteiger partial charge on any atom is -0.496 e. The van der Waals surface area contributed by atoms with E-state index in [0.717, 1.165) is 109 Å². The second-order valence-electron chi connectivity index (χ2n) is 19.0. The van der Waals surface area contributed by atoms with Crippen molar-refractivity contribution in [2.45, 2.75) is 121 Å². The number of hydrogen-bond acceptors (Lipinski definition) is 7. The highest BCUT2D eigenvalue weighted by molar-refractivity contribution is 5.89. The fourth-order valence-corrected chi connectivity index (χ4v) is 12.1. The van der Waals surface area contributed by atoms with Crippen molar-refractivity contribution in [2.75, 3.05) is 33.4 Å². The van der Waals surface area contributed by atoms with E-state index in [9.17, 15) is 5.11 Å². The highest BCUT2D eigenvalue weighted by atomic mass is 19.1. The Morgan fingerprint density at radius 3 is 2.48 bits per heavy atom. The summed E-state index contributed by atoms with van der Waals surface area (Å²) < 4.78 is 34.7. The van der Waals surface area contributed by atoms with E-state index in [1.165, 1.54) is 53.6 Å². The van der Waals surface area contributed by atoms with E-state index in [0.29, 0.717) is 31.1 Å². The molecular weight excluding hydrogens is 764 g/mol. The summed E-state index contributed by atoms with van der Waals surface area (Å²) in [5.41, 5.74) is 10.7. The van der Waals surface area contributed by atoms with Crippen LogP contribution in [0, 0.1) is 18.7 Å². The maximum absolute atomic E-state index is 17.3. The Bertz CT molecular complexity index is 2590. The number of aromatic nitrogens is 4. The third-order valence-corrected chi connectivity index (χ3v) is 15.5. The summed E-state index contributed by atoms with van der Waals surface area (Å²) in [7, 11) is 1.73. The van der Waals surface area contributed by atoms with Gasteiger partial charge in [-0.2, -0.15) is 0 Å². The van der Waals surface area contributed by atoms with E-state index in [1.807, 2.05) is 36.7 Å². The molecule has 4 aromatic heterocycles. The highest BCUT2D eigenvalue weighted by Gasteiger charge is 2.42. The van der Waals surface area contributed by atoms with E-state index in [1.54, 1.807) is 19.5 Å². The standard InChI is InChI=1S/C51H59FN6O3/c1-32-23-38-45(27-47(32)60-3)57(29-46(59)35-13-18-53-19-14-35)43-16-22-56-37(11-12-42(56)48(38)43)24-34-25-39-49-41-10-6-20-55(41)21-15-44(49)58(50(39)40(52)26-34)31-51(2,36-9-5-17-54-28-36)61-30-33-7-4-8-33/h5,9,13-14,17-19,23,25-28,33,37,41-42,46,59H,4,6-8,10-12,15-16,20-22,24,29-31H2,1-3H3. The molecule has 9 nitrogen and oxygen atoms in total. The number of aryl methyl sites for hydroxylation is 1. The smallest absolute Gasteiger partial charge is 0.147 e. The lowest BCUT2D eigenvalue weighted by molar-refractivity contribution is -0.0744. The number of ether oxygens (including phenoxy) is 2. The molecule has 1 N–H and O–H groups in total. The number of aliphatic hydroxyl groups is 1. The second-order valence-corrected chi connectivity index (χ2v) is 19.0. The van der Waals surface area contributed by atoms with Crippen molar-refractivity contribution in [2.24, 2.45) is 5.92 Å². The zero-order chi connectivity index (χ0) is 41.4. The number of benzene rings is 2. The van der Waals surface area contributed by atoms with Crippen LogP contribution in [0.25, 0.3) is 21.8 Å². The van der Waals surface area contributed by atoms with E-state index >= 15 is 4.39 Å². The molecule has 2 aromatic carbocycles. The van der Waals surface area contributed by atoms with Crippen LogP contribution in [0.3, 0.4) is 0 Å². The molecular formula is C51H59FN6O3. The number of nitrogens with zero attached hydrogens (tertiary/aromatic N) is 6. The summed E-state index contributed by atoms with van der Waals surface area (Å²) in [6.45, 7) is 9.11. The Morgan fingerprint density at radius 1 is 0.869 bits per heavy atom. The van der Waals surface area contributed by atoms with Crippen molar-refractivity contribution in [3.8, 4) is 5.75 Å². The molecule has 4 aliphatic heterocycles. The number of fused-ring (bicyclic) bond motifs is 10. The quantitative estimate of drug-likeness (QED) is 0.132. The van der Waals surface area contributed by atoms with Gasteiger partial charge in [-0.3, -0.25) is 19.8 Å². The van der Waals surface area contributed by atoms with Crippen LogP contribution in [0.4, 0.5) is 4.39 Å². The van der Waals surface area contributed by atoms with Gasteiger partial charge in [0.15, 0.2) is 0 Å². The predicted octanol–water partition coefficient (Wildman–Crippen LogP) is 9.31. The predicted molar refractivity (Wildman–Crippen MR) is 236 cm³/mol. The van der Waals surface area contributed by atoms with Crippen LogP contribution in [-0.4, -0.2) is 73.4 Å². The van der Waals surface area contributed by atoms with Crippen LogP contribution < -0.4 is 4.74 Å². The Kier molecular flexibility index (Phi) is 10.1. The summed E-state index contributed by atoms with van der Waals surface area (Å²) in [6.07, 6.45) is 17.3. The average molecular weight is 823 g/mol. The first-order valence-corrected chi connectivity index (χ1v) is 22.9. The van der Waals surface area contributed by atoms with E-state index in [2.05, 4.69) is 67.0 Å². The third kappa shape index (κ3) is 6.71. The maximum atomic E-state index is 17.3. The van der Waals surface area contributed by atoms with Gasteiger partial charge in [0.2, 0.25) is 0 Å². The number of aliphatic hydroxyl groups excluding tert-OH is 1. The largest absolute Gasteiger partial charge is 0.496 e. The lowest BCUT2D eigenvalue weighted by Gasteiger charge is -2.36. The molecule has 10 heteroatoms. The van der Waals surface area contributed by atoms with Crippen molar-refractivity contribution in [3.05, 3.63) is 124 Å². The molecule has 2 saturated heterocycles. The molecule has 0 radical (unpaired) electrons. The van der Waals surface area contributed by atoms with Gasteiger partial charge in [0.05, 0.1) is 43.9 Å². The van der Waals surface area contributed by atoms with Crippen molar-refractivity contribution >= 4 is 21.8 Å². The van der Waals surface area contributed by atoms with Gasteiger partial charge in [-0.05, 0) is 135 Å². The van der Waals surface area contributed by atoms with Gasteiger partial charge < -0.3 is 23.7 Å². The average Bonchev–Trinajstić information content (AvgIpc) is 4.04. The van der Waals surface area contributed by atoms with Gasteiger partial charge in [-0.1, -0.05) is 12.5 Å². The fourth-order valence-electron chi connectivity index (χ4n) is 12.1. The van der Waals surface area contributed by atoms with Crippen LogP contribution in [0.5, 0.6) is 5.75 Å². The molecule has 5 aliphatic rings. The topological polar surface area (TPSA) is 80.8 Å². The van der Waals surface area contributed by atoms with Gasteiger partial charge in [-0.25, -0.2) is 4.39 Å². The second kappa shape index (κ2) is 15.6. The Morgan fingerprint density at radius 2 is 1.69 bits per heavy atom. The van der Waals surface area contributed by atoms with Crippen LogP contribution in [0.2, 0.25) is 0 Å². The first-order valence-electron chi connectivity index (χ1n) is 22.9. The molecule has 5 atom stereocenters. The molecule has 6 aromatic rings. The van der Waals surface area contributed by atoms with Gasteiger partial charge in [0.25, 0.3) is 0 Å². The fraction of sp³-hybridized carbons (Fsp3) is 0.490. The SMILES string of the molecule is COc1cc2c(cc1C)c1c(n2CC(O)c2ccncc2)CCN2C(Cc3cc(F)c4c(c3)c3c(n4CC(C)(OCC4CCC4)c4cccnc4)CCN4CCCC34)CCC12. The summed E-state index contributed by atoms with van der Waals surface area (Å²) in [6, 6.07) is 17.5. The summed E-state index contributed by atoms with van der Waals surface area (Å²) in [4.78, 5) is 14.0. The lowest BCUT2D eigenvalue weighted by Crippen LogP contribution is -2.38. The summed E-state index contributed by atoms with van der Waals surface area (Å²) in [5.74, 6) is 1.34. The lowest BCUT2D eigenvalue weighted by atomic mass is 9.86. The van der Waals surface area contributed by atoms with Gasteiger partial charge in [0, 0.05) is 103 Å². The van der Waals surface area contributed by atoms with E-state index < -0.39 is 11.7 Å². The molecule has 318 valence electrons. The van der Waals surface area contributed by atoms with Crippen LogP contribution in [0.15, 0.2) is 73.3 Å². The zero-order valence-corrected chi connectivity index (χ0v) is 36.0. The van der Waals surface area contributed by atoms with E-state index in [4.69, 9.17) is 9.47 Å². The molecule has 1 aliphatic carbocycles. The van der Waals surface area contributed by atoms with Crippen LogP contribution in [-0.2, 0) is 42.7 Å².